The molecule has 1 aliphatic heterocycles. The summed E-state index contributed by atoms with van der Waals surface area (Å²) < 4.78 is 6.91. The number of benzene rings is 2. The average Bonchev–Trinajstić information content (AvgIpc) is 2.88. The van der Waals surface area contributed by atoms with E-state index < -0.39 is 0 Å². The van der Waals surface area contributed by atoms with Gasteiger partial charge in [0.2, 0.25) is 0 Å². The summed E-state index contributed by atoms with van der Waals surface area (Å²) in [5.74, 6) is 0.982. The van der Waals surface area contributed by atoms with Crippen molar-refractivity contribution in [3.8, 4) is 5.75 Å². The van der Waals surface area contributed by atoms with E-state index in [1.54, 1.807) is 0 Å². The number of fused-ring (bicyclic) bond motifs is 1. The van der Waals surface area contributed by atoms with Crippen LogP contribution in [0.15, 0.2) is 34.8 Å². The Morgan fingerprint density at radius 2 is 2.05 bits per heavy atom. The highest BCUT2D eigenvalue weighted by molar-refractivity contribution is 9.10. The van der Waals surface area contributed by atoms with Gasteiger partial charge in [-0.05, 0) is 41.8 Å². The quantitative estimate of drug-likeness (QED) is 0.560. The number of ether oxygens (including phenoxy) is 1. The number of hydrogen-bond donors (Lipinski definition) is 0. The second-order valence-corrected chi connectivity index (χ2v) is 7.10. The Labute approximate surface area is 140 Å². The maximum absolute atomic E-state index is 6.25. The highest BCUT2D eigenvalue weighted by Crippen LogP contribution is 2.43. The predicted molar refractivity (Wildman–Crippen MR) is 90.3 cm³/mol. The molecule has 0 saturated heterocycles. The summed E-state index contributed by atoms with van der Waals surface area (Å²) in [7, 11) is 0. The average molecular weight is 417 g/mol. The van der Waals surface area contributed by atoms with Gasteiger partial charge in [-0.2, -0.15) is 0 Å². The first kappa shape index (κ1) is 14.4. The molecule has 0 amide bonds. The molecular weight excluding hydrogens is 403 g/mol. The molecule has 1 unspecified atom stereocenters. The third-order valence-corrected chi connectivity index (χ3v) is 5.70. The van der Waals surface area contributed by atoms with Crippen molar-refractivity contribution in [2.24, 2.45) is 0 Å². The van der Waals surface area contributed by atoms with Crippen molar-refractivity contribution in [1.82, 2.24) is 0 Å². The Morgan fingerprint density at radius 1 is 1.25 bits per heavy atom. The van der Waals surface area contributed by atoms with Crippen LogP contribution in [0.4, 0.5) is 0 Å². The number of alkyl halides is 1. The molecule has 2 aromatic rings. The third-order valence-electron chi connectivity index (χ3n) is 3.63. The molecule has 1 heterocycles. The van der Waals surface area contributed by atoms with Crippen LogP contribution >= 0.6 is 43.5 Å². The molecule has 20 heavy (non-hydrogen) atoms. The van der Waals surface area contributed by atoms with E-state index in [1.165, 1.54) is 16.7 Å². The van der Waals surface area contributed by atoms with E-state index in [9.17, 15) is 0 Å². The van der Waals surface area contributed by atoms with Gasteiger partial charge in [-0.3, -0.25) is 0 Å². The summed E-state index contributed by atoms with van der Waals surface area (Å²) in [6.45, 7) is 2.85. The SMILES string of the molecule is Cc1c(Br)cccc1C(Br)c1cc(Cl)cc2c1OCC2. The van der Waals surface area contributed by atoms with E-state index in [-0.39, 0.29) is 4.83 Å². The molecule has 0 N–H and O–H groups in total. The maximum atomic E-state index is 6.25. The Kier molecular flexibility index (Phi) is 4.11. The summed E-state index contributed by atoms with van der Waals surface area (Å²) in [5.41, 5.74) is 4.75. The fourth-order valence-electron chi connectivity index (χ4n) is 2.55. The van der Waals surface area contributed by atoms with Crippen molar-refractivity contribution in [3.63, 3.8) is 0 Å². The van der Waals surface area contributed by atoms with E-state index in [0.29, 0.717) is 0 Å². The topological polar surface area (TPSA) is 9.23 Å². The molecule has 4 heteroatoms. The van der Waals surface area contributed by atoms with Gasteiger partial charge >= 0.3 is 0 Å². The van der Waals surface area contributed by atoms with Gasteiger partial charge in [-0.1, -0.05) is 55.6 Å². The van der Waals surface area contributed by atoms with Crippen LogP contribution in [-0.4, -0.2) is 6.61 Å². The lowest BCUT2D eigenvalue weighted by molar-refractivity contribution is 0.354. The Morgan fingerprint density at radius 3 is 2.85 bits per heavy atom. The molecule has 0 spiro atoms. The van der Waals surface area contributed by atoms with Gasteiger partial charge in [-0.15, -0.1) is 0 Å². The minimum Gasteiger partial charge on any atom is -0.493 e. The molecule has 2 aromatic carbocycles. The molecule has 0 aromatic heterocycles. The van der Waals surface area contributed by atoms with Gasteiger partial charge in [0.05, 0.1) is 11.4 Å². The minimum absolute atomic E-state index is 0.0746. The van der Waals surface area contributed by atoms with E-state index in [1.807, 2.05) is 18.2 Å². The minimum atomic E-state index is 0.0746. The van der Waals surface area contributed by atoms with Gasteiger partial charge in [0.25, 0.3) is 0 Å². The van der Waals surface area contributed by atoms with Gasteiger partial charge < -0.3 is 4.74 Å². The zero-order chi connectivity index (χ0) is 14.3. The van der Waals surface area contributed by atoms with Crippen LogP contribution in [0.2, 0.25) is 5.02 Å². The molecule has 1 aliphatic rings. The Hall–Kier alpha value is -0.510. The zero-order valence-corrected chi connectivity index (χ0v) is 14.8. The second kappa shape index (κ2) is 5.70. The fourth-order valence-corrected chi connectivity index (χ4v) is 4.02. The lowest BCUT2D eigenvalue weighted by Crippen LogP contribution is -1.99. The lowest BCUT2D eigenvalue weighted by Gasteiger charge is -2.17. The molecule has 0 aliphatic carbocycles. The molecule has 3 rings (SSSR count). The highest BCUT2D eigenvalue weighted by atomic mass is 79.9. The molecule has 0 saturated carbocycles. The fraction of sp³-hybridized carbons (Fsp3) is 0.250. The Balaban J connectivity index is 2.11. The molecule has 0 fully saturated rings. The lowest BCUT2D eigenvalue weighted by atomic mass is 9.98. The zero-order valence-electron chi connectivity index (χ0n) is 10.9. The summed E-state index contributed by atoms with van der Waals surface area (Å²) in [6, 6.07) is 10.2. The first-order valence-corrected chi connectivity index (χ1v) is 8.51. The van der Waals surface area contributed by atoms with E-state index in [2.05, 4.69) is 50.9 Å². The van der Waals surface area contributed by atoms with Crippen LogP contribution in [0.1, 0.15) is 27.1 Å². The third kappa shape index (κ3) is 2.51. The van der Waals surface area contributed by atoms with Crippen LogP contribution in [-0.2, 0) is 6.42 Å². The van der Waals surface area contributed by atoms with Crippen molar-refractivity contribution >= 4 is 43.5 Å². The summed E-state index contributed by atoms with van der Waals surface area (Å²) >= 11 is 13.6. The smallest absolute Gasteiger partial charge is 0.127 e. The van der Waals surface area contributed by atoms with Gasteiger partial charge in [0.15, 0.2) is 0 Å². The molecule has 0 bridgehead atoms. The van der Waals surface area contributed by atoms with Crippen LogP contribution < -0.4 is 4.74 Å². The van der Waals surface area contributed by atoms with Crippen molar-refractivity contribution in [1.29, 1.82) is 0 Å². The second-order valence-electron chi connectivity index (χ2n) is 4.90. The molecule has 1 nitrogen and oxygen atoms in total. The first-order chi connectivity index (χ1) is 9.58. The van der Waals surface area contributed by atoms with Crippen LogP contribution in [0.3, 0.4) is 0 Å². The first-order valence-electron chi connectivity index (χ1n) is 6.42. The monoisotopic (exact) mass is 414 g/mol. The van der Waals surface area contributed by atoms with Gasteiger partial charge in [0.1, 0.15) is 5.75 Å². The normalized spacial score (nSPS) is 14.8. The van der Waals surface area contributed by atoms with Gasteiger partial charge in [-0.25, -0.2) is 0 Å². The van der Waals surface area contributed by atoms with Crippen LogP contribution in [0, 0.1) is 6.92 Å². The van der Waals surface area contributed by atoms with Crippen molar-refractivity contribution in [3.05, 3.63) is 62.1 Å². The highest BCUT2D eigenvalue weighted by Gasteiger charge is 2.24. The van der Waals surface area contributed by atoms with Crippen molar-refractivity contribution in [2.75, 3.05) is 6.61 Å². The number of halogens is 3. The number of rotatable bonds is 2. The molecule has 0 radical (unpaired) electrons. The van der Waals surface area contributed by atoms with E-state index in [4.69, 9.17) is 16.3 Å². The summed E-state index contributed by atoms with van der Waals surface area (Å²) in [6.07, 6.45) is 0.931. The largest absolute Gasteiger partial charge is 0.493 e. The van der Waals surface area contributed by atoms with Crippen molar-refractivity contribution < 1.29 is 4.74 Å². The summed E-state index contributed by atoms with van der Waals surface area (Å²) in [4.78, 5) is 0.0746. The van der Waals surface area contributed by atoms with Crippen molar-refractivity contribution in [2.45, 2.75) is 18.2 Å². The maximum Gasteiger partial charge on any atom is 0.127 e. The van der Waals surface area contributed by atoms with Gasteiger partial charge in [0, 0.05) is 21.5 Å². The van der Waals surface area contributed by atoms with Crippen LogP contribution in [0.25, 0.3) is 0 Å². The molecule has 1 atom stereocenters. The standard InChI is InChI=1S/C16H13Br2ClO/c1-9-12(3-2-4-14(9)17)15(18)13-8-11(19)7-10-5-6-20-16(10)13/h2-4,7-8,15H,5-6H2,1H3. The Bertz CT molecular complexity index is 670. The molecular formula is C16H13Br2ClO. The molecule has 104 valence electrons. The van der Waals surface area contributed by atoms with E-state index >= 15 is 0 Å². The van der Waals surface area contributed by atoms with Crippen LogP contribution in [0.5, 0.6) is 5.75 Å². The summed E-state index contributed by atoms with van der Waals surface area (Å²) in [5, 5.41) is 0.765. The number of hydrogen-bond acceptors (Lipinski definition) is 1. The predicted octanol–water partition coefficient (Wildman–Crippen LogP) is 5.83. The van der Waals surface area contributed by atoms with E-state index in [0.717, 1.165) is 33.8 Å².